The third-order valence-electron chi connectivity index (χ3n) is 5.54. The number of carbonyl (C=O) groups is 2. The van der Waals surface area contributed by atoms with Crippen LogP contribution in [0.1, 0.15) is 44.6 Å². The molecule has 1 atom stereocenters. The number of hydrogen-bond donors (Lipinski definition) is 1. The summed E-state index contributed by atoms with van der Waals surface area (Å²) in [5.74, 6) is -0.734. The molecule has 1 heterocycles. The molecule has 1 aromatic rings. The molecule has 0 radical (unpaired) electrons. The average molecular weight is 336 g/mol. The van der Waals surface area contributed by atoms with Crippen LogP contribution in [-0.4, -0.2) is 35.0 Å². The van der Waals surface area contributed by atoms with Crippen LogP contribution in [0.15, 0.2) is 24.3 Å². The van der Waals surface area contributed by atoms with Gasteiger partial charge in [-0.3, -0.25) is 9.59 Å². The number of rotatable bonds is 3. The predicted octanol–water partition coefficient (Wildman–Crippen LogP) is 3.48. The fraction of sp³-hybridized carbons (Fsp3) is 0.556. The quantitative estimate of drug-likeness (QED) is 0.920. The highest BCUT2D eigenvalue weighted by molar-refractivity contribution is 6.30. The van der Waals surface area contributed by atoms with Crippen LogP contribution in [0, 0.1) is 5.41 Å². The molecule has 1 N–H and O–H groups in total. The van der Waals surface area contributed by atoms with E-state index in [0.717, 1.165) is 31.2 Å². The smallest absolute Gasteiger partial charge is 0.311 e. The molecule has 1 amide bonds. The largest absolute Gasteiger partial charge is 0.481 e. The summed E-state index contributed by atoms with van der Waals surface area (Å²) >= 11 is 5.98. The van der Waals surface area contributed by atoms with Gasteiger partial charge >= 0.3 is 5.97 Å². The van der Waals surface area contributed by atoms with Crippen molar-refractivity contribution in [3.63, 3.8) is 0 Å². The third-order valence-corrected chi connectivity index (χ3v) is 5.79. The number of carbonyl (C=O) groups excluding carboxylic acids is 1. The Bertz CT molecular complexity index is 622. The number of amides is 1. The summed E-state index contributed by atoms with van der Waals surface area (Å²) in [5, 5.41) is 10.1. The van der Waals surface area contributed by atoms with Crippen LogP contribution in [0.3, 0.4) is 0 Å². The lowest BCUT2D eigenvalue weighted by atomic mass is 9.77. The summed E-state index contributed by atoms with van der Waals surface area (Å²) in [4.78, 5) is 26.5. The third kappa shape index (κ3) is 2.74. The SMILES string of the molecule is CC1(C(=O)O)CCN(C(=O)C2(c3ccc(Cl)cc3)CCCC2)C1. The maximum Gasteiger partial charge on any atom is 0.311 e. The van der Waals surface area contributed by atoms with Crippen molar-refractivity contribution < 1.29 is 14.7 Å². The Labute approximate surface area is 141 Å². The highest BCUT2D eigenvalue weighted by Crippen LogP contribution is 2.44. The first-order valence-corrected chi connectivity index (χ1v) is 8.54. The standard InChI is InChI=1S/C18H22ClNO3/c1-17(16(22)23)10-11-20(12-17)15(21)18(8-2-3-9-18)13-4-6-14(19)7-5-13/h4-7H,2-3,8-12H2,1H3,(H,22,23). The fourth-order valence-corrected chi connectivity index (χ4v) is 4.11. The van der Waals surface area contributed by atoms with Crippen LogP contribution in [0.2, 0.25) is 5.02 Å². The molecule has 1 aliphatic heterocycles. The zero-order valence-electron chi connectivity index (χ0n) is 13.3. The second-order valence-electron chi connectivity index (χ2n) is 7.14. The van der Waals surface area contributed by atoms with Crippen molar-refractivity contribution in [3.05, 3.63) is 34.9 Å². The minimum absolute atomic E-state index is 0.0855. The number of halogens is 1. The van der Waals surface area contributed by atoms with E-state index in [2.05, 4.69) is 0 Å². The van der Waals surface area contributed by atoms with E-state index in [0.29, 0.717) is 24.5 Å². The molecule has 1 aliphatic carbocycles. The van der Waals surface area contributed by atoms with Gasteiger partial charge in [-0.1, -0.05) is 36.6 Å². The fourth-order valence-electron chi connectivity index (χ4n) is 3.99. The molecule has 124 valence electrons. The molecule has 4 nitrogen and oxygen atoms in total. The Morgan fingerprint density at radius 1 is 1.13 bits per heavy atom. The summed E-state index contributed by atoms with van der Waals surface area (Å²) in [6.07, 6.45) is 4.23. The van der Waals surface area contributed by atoms with Crippen LogP contribution in [0.25, 0.3) is 0 Å². The van der Waals surface area contributed by atoms with Gasteiger partial charge in [0.2, 0.25) is 5.91 Å². The second kappa shape index (κ2) is 5.82. The Hall–Kier alpha value is -1.55. The second-order valence-corrected chi connectivity index (χ2v) is 7.58. The lowest BCUT2D eigenvalue weighted by molar-refractivity contribution is -0.147. The highest BCUT2D eigenvalue weighted by Gasteiger charge is 2.49. The summed E-state index contributed by atoms with van der Waals surface area (Å²) in [5.41, 5.74) is -0.322. The Kier molecular flexibility index (Phi) is 4.13. The van der Waals surface area contributed by atoms with Crippen LogP contribution in [0.4, 0.5) is 0 Å². The molecule has 0 aromatic heterocycles. The van der Waals surface area contributed by atoms with Gasteiger partial charge in [0.15, 0.2) is 0 Å². The number of aliphatic carboxylic acids is 1. The lowest BCUT2D eigenvalue weighted by Gasteiger charge is -2.33. The van der Waals surface area contributed by atoms with Crippen molar-refractivity contribution in [1.82, 2.24) is 4.90 Å². The number of carboxylic acid groups (broad SMARTS) is 1. The van der Waals surface area contributed by atoms with Crippen molar-refractivity contribution >= 4 is 23.5 Å². The molecular weight excluding hydrogens is 314 g/mol. The number of benzene rings is 1. The van der Waals surface area contributed by atoms with Crippen LogP contribution in [0.5, 0.6) is 0 Å². The Balaban J connectivity index is 1.89. The molecule has 5 heteroatoms. The zero-order chi connectivity index (χ0) is 16.7. The van der Waals surface area contributed by atoms with Gasteiger partial charge < -0.3 is 10.0 Å². The molecule has 1 aromatic carbocycles. The zero-order valence-corrected chi connectivity index (χ0v) is 14.1. The lowest BCUT2D eigenvalue weighted by Crippen LogP contribution is -2.45. The van der Waals surface area contributed by atoms with E-state index in [1.54, 1.807) is 11.8 Å². The molecule has 1 saturated carbocycles. The number of carboxylic acids is 1. The minimum atomic E-state index is -0.824. The van der Waals surface area contributed by atoms with Gasteiger partial charge in [-0.25, -0.2) is 0 Å². The molecule has 1 unspecified atom stereocenters. The van der Waals surface area contributed by atoms with Crippen molar-refractivity contribution in [2.45, 2.75) is 44.4 Å². The van der Waals surface area contributed by atoms with Crippen molar-refractivity contribution in [2.24, 2.45) is 5.41 Å². The predicted molar refractivity (Wildman–Crippen MR) is 88.5 cm³/mol. The van der Waals surface area contributed by atoms with Crippen LogP contribution < -0.4 is 0 Å². The van der Waals surface area contributed by atoms with Gasteiger partial charge in [0.1, 0.15) is 0 Å². The number of nitrogens with zero attached hydrogens (tertiary/aromatic N) is 1. The summed E-state index contributed by atoms with van der Waals surface area (Å²) in [6.45, 7) is 2.56. The normalized spacial score (nSPS) is 26.4. The minimum Gasteiger partial charge on any atom is -0.481 e. The van der Waals surface area contributed by atoms with Crippen molar-refractivity contribution in [3.8, 4) is 0 Å². The van der Waals surface area contributed by atoms with E-state index in [-0.39, 0.29) is 5.91 Å². The molecule has 2 fully saturated rings. The van der Waals surface area contributed by atoms with Gasteiger partial charge in [-0.15, -0.1) is 0 Å². The topological polar surface area (TPSA) is 57.6 Å². The van der Waals surface area contributed by atoms with E-state index in [9.17, 15) is 14.7 Å². The van der Waals surface area contributed by atoms with Gasteiger partial charge in [-0.05, 0) is 43.9 Å². The van der Waals surface area contributed by atoms with Gasteiger partial charge in [-0.2, -0.15) is 0 Å². The van der Waals surface area contributed by atoms with Crippen molar-refractivity contribution in [1.29, 1.82) is 0 Å². The summed E-state index contributed by atoms with van der Waals surface area (Å²) in [6, 6.07) is 7.54. The Morgan fingerprint density at radius 2 is 1.74 bits per heavy atom. The number of likely N-dealkylation sites (tertiary alicyclic amines) is 1. The molecule has 2 aliphatic rings. The molecule has 0 bridgehead atoms. The molecule has 3 rings (SSSR count). The first kappa shape index (κ1) is 16.3. The molecule has 1 saturated heterocycles. The van der Waals surface area contributed by atoms with Gasteiger partial charge in [0.05, 0.1) is 10.8 Å². The summed E-state index contributed by atoms with van der Waals surface area (Å²) < 4.78 is 0. The number of hydrogen-bond acceptors (Lipinski definition) is 2. The average Bonchev–Trinajstić information content (AvgIpc) is 3.16. The first-order valence-electron chi connectivity index (χ1n) is 8.16. The summed E-state index contributed by atoms with van der Waals surface area (Å²) in [7, 11) is 0. The first-order chi connectivity index (χ1) is 10.9. The maximum absolute atomic E-state index is 13.3. The molecule has 0 spiro atoms. The van der Waals surface area contributed by atoms with E-state index >= 15 is 0 Å². The highest BCUT2D eigenvalue weighted by atomic mass is 35.5. The van der Waals surface area contributed by atoms with Crippen LogP contribution in [-0.2, 0) is 15.0 Å². The van der Waals surface area contributed by atoms with Gasteiger partial charge in [0.25, 0.3) is 0 Å². The van der Waals surface area contributed by atoms with E-state index in [1.807, 2.05) is 24.3 Å². The maximum atomic E-state index is 13.3. The molecular formula is C18H22ClNO3. The Morgan fingerprint density at radius 3 is 2.26 bits per heavy atom. The van der Waals surface area contributed by atoms with Crippen LogP contribution >= 0.6 is 11.6 Å². The van der Waals surface area contributed by atoms with Gasteiger partial charge in [0, 0.05) is 18.1 Å². The van der Waals surface area contributed by atoms with Crippen molar-refractivity contribution in [2.75, 3.05) is 13.1 Å². The monoisotopic (exact) mass is 335 g/mol. The van der Waals surface area contributed by atoms with E-state index < -0.39 is 16.8 Å². The van der Waals surface area contributed by atoms with E-state index in [4.69, 9.17) is 11.6 Å². The molecule has 23 heavy (non-hydrogen) atoms. The van der Waals surface area contributed by atoms with E-state index in [1.165, 1.54) is 0 Å².